The highest BCUT2D eigenvalue weighted by atomic mass is 32.2. The Kier molecular flexibility index (Phi) is 6.08. The second-order valence-corrected chi connectivity index (χ2v) is 5.17. The molecule has 1 aromatic rings. The van der Waals surface area contributed by atoms with Crippen LogP contribution in [-0.2, 0) is 4.79 Å². The minimum Gasteiger partial charge on any atom is -0.393 e. The summed E-state index contributed by atoms with van der Waals surface area (Å²) >= 11 is 1.70. The third-order valence-corrected chi connectivity index (χ3v) is 3.21. The maximum Gasteiger partial charge on any atom is 0.224 e. The number of para-hydroxylation sites is 1. The van der Waals surface area contributed by atoms with Gasteiger partial charge in [-0.3, -0.25) is 4.79 Å². The number of hydrogen-bond donors (Lipinski definition) is 2. The van der Waals surface area contributed by atoms with Crippen LogP contribution in [0.1, 0.15) is 26.7 Å². The highest BCUT2D eigenvalue weighted by molar-refractivity contribution is 7.99. The Morgan fingerprint density at radius 2 is 2.18 bits per heavy atom. The van der Waals surface area contributed by atoms with Gasteiger partial charge in [-0.2, -0.15) is 0 Å². The zero-order valence-electron chi connectivity index (χ0n) is 10.3. The highest BCUT2D eigenvalue weighted by Crippen LogP contribution is 2.26. The molecule has 0 saturated heterocycles. The van der Waals surface area contributed by atoms with E-state index in [0.29, 0.717) is 12.8 Å². The summed E-state index contributed by atoms with van der Waals surface area (Å²) in [6.45, 7) is 3.77. The Labute approximate surface area is 107 Å². The molecule has 0 aliphatic rings. The fraction of sp³-hybridized carbons (Fsp3) is 0.462. The summed E-state index contributed by atoms with van der Waals surface area (Å²) < 4.78 is 0. The van der Waals surface area contributed by atoms with Crippen molar-refractivity contribution >= 4 is 23.4 Å². The lowest BCUT2D eigenvalue weighted by atomic mass is 10.2. The summed E-state index contributed by atoms with van der Waals surface area (Å²) in [7, 11) is 0. The molecule has 1 unspecified atom stereocenters. The van der Waals surface area contributed by atoms with Crippen LogP contribution in [0.5, 0.6) is 0 Å². The average Bonchev–Trinajstić information content (AvgIpc) is 2.29. The van der Waals surface area contributed by atoms with E-state index in [-0.39, 0.29) is 5.91 Å². The fourth-order valence-electron chi connectivity index (χ4n) is 1.40. The van der Waals surface area contributed by atoms with E-state index < -0.39 is 6.10 Å². The summed E-state index contributed by atoms with van der Waals surface area (Å²) in [5.74, 6) is 0.927. The molecule has 0 aliphatic heterocycles. The van der Waals surface area contributed by atoms with Crippen LogP contribution in [0.3, 0.4) is 0 Å². The number of benzene rings is 1. The number of anilines is 1. The van der Waals surface area contributed by atoms with Crippen LogP contribution < -0.4 is 5.32 Å². The quantitative estimate of drug-likeness (QED) is 0.766. The Hall–Kier alpha value is -1.00. The van der Waals surface area contributed by atoms with Gasteiger partial charge in [0.1, 0.15) is 0 Å². The number of nitrogens with one attached hydrogen (secondary N) is 1. The Morgan fingerprint density at radius 3 is 2.82 bits per heavy atom. The van der Waals surface area contributed by atoms with Crippen molar-refractivity contribution < 1.29 is 9.90 Å². The number of thioether (sulfide) groups is 1. The molecule has 0 radical (unpaired) electrons. The van der Waals surface area contributed by atoms with E-state index >= 15 is 0 Å². The molecule has 94 valence electrons. The maximum atomic E-state index is 11.6. The monoisotopic (exact) mass is 253 g/mol. The van der Waals surface area contributed by atoms with E-state index in [4.69, 9.17) is 5.11 Å². The van der Waals surface area contributed by atoms with Gasteiger partial charge < -0.3 is 10.4 Å². The molecular weight excluding hydrogens is 234 g/mol. The van der Waals surface area contributed by atoms with Gasteiger partial charge in [0.15, 0.2) is 0 Å². The lowest BCUT2D eigenvalue weighted by Crippen LogP contribution is -2.14. The van der Waals surface area contributed by atoms with Gasteiger partial charge in [-0.05, 0) is 31.2 Å². The molecule has 0 heterocycles. The SMILES string of the molecule is CCSc1ccccc1NC(=O)CCC(C)O. The number of aliphatic hydroxyl groups is 1. The van der Waals surface area contributed by atoms with E-state index in [2.05, 4.69) is 12.2 Å². The van der Waals surface area contributed by atoms with Gasteiger partial charge in [-0.15, -0.1) is 11.8 Å². The Balaban J connectivity index is 2.58. The topological polar surface area (TPSA) is 49.3 Å². The molecule has 3 nitrogen and oxygen atoms in total. The molecule has 0 aliphatic carbocycles. The van der Waals surface area contributed by atoms with E-state index in [1.54, 1.807) is 18.7 Å². The van der Waals surface area contributed by atoms with E-state index in [0.717, 1.165) is 16.3 Å². The molecular formula is C13H19NO2S. The minimum absolute atomic E-state index is 0.0462. The third-order valence-electron chi connectivity index (χ3n) is 2.25. The smallest absolute Gasteiger partial charge is 0.224 e. The molecule has 1 aromatic carbocycles. The van der Waals surface area contributed by atoms with Crippen LogP contribution in [-0.4, -0.2) is 22.9 Å². The molecule has 0 fully saturated rings. The lowest BCUT2D eigenvalue weighted by Gasteiger charge is -2.10. The first-order valence-corrected chi connectivity index (χ1v) is 6.81. The highest BCUT2D eigenvalue weighted by Gasteiger charge is 2.07. The fourth-order valence-corrected chi connectivity index (χ4v) is 2.16. The normalized spacial score (nSPS) is 12.2. The molecule has 17 heavy (non-hydrogen) atoms. The van der Waals surface area contributed by atoms with Gasteiger partial charge in [0, 0.05) is 11.3 Å². The van der Waals surface area contributed by atoms with Crippen LogP contribution in [0.2, 0.25) is 0 Å². The number of rotatable bonds is 6. The van der Waals surface area contributed by atoms with Crippen LogP contribution in [0.4, 0.5) is 5.69 Å². The number of carbonyl (C=O) groups excluding carboxylic acids is 1. The van der Waals surface area contributed by atoms with Crippen molar-refractivity contribution in [3.8, 4) is 0 Å². The first-order chi connectivity index (χ1) is 8.13. The molecule has 0 aromatic heterocycles. The Bertz CT molecular complexity index is 366. The summed E-state index contributed by atoms with van der Waals surface area (Å²) in [6, 6.07) is 7.77. The largest absolute Gasteiger partial charge is 0.393 e. The summed E-state index contributed by atoms with van der Waals surface area (Å²) in [4.78, 5) is 12.7. The molecule has 4 heteroatoms. The second-order valence-electron chi connectivity index (χ2n) is 3.87. The number of carbonyl (C=O) groups is 1. The van der Waals surface area contributed by atoms with Crippen LogP contribution >= 0.6 is 11.8 Å². The number of hydrogen-bond acceptors (Lipinski definition) is 3. The predicted octanol–water partition coefficient (Wildman–Crippen LogP) is 2.90. The van der Waals surface area contributed by atoms with Crippen molar-refractivity contribution in [2.75, 3.05) is 11.1 Å². The van der Waals surface area contributed by atoms with Crippen LogP contribution in [0, 0.1) is 0 Å². The summed E-state index contributed by atoms with van der Waals surface area (Å²) in [6.07, 6.45) is 0.415. The van der Waals surface area contributed by atoms with Crippen LogP contribution in [0.25, 0.3) is 0 Å². The summed E-state index contributed by atoms with van der Waals surface area (Å²) in [5.41, 5.74) is 0.856. The van der Waals surface area contributed by atoms with Crippen molar-refractivity contribution in [2.45, 2.75) is 37.7 Å². The zero-order valence-corrected chi connectivity index (χ0v) is 11.1. The van der Waals surface area contributed by atoms with Gasteiger partial charge in [-0.1, -0.05) is 19.1 Å². The van der Waals surface area contributed by atoms with Crippen molar-refractivity contribution in [1.29, 1.82) is 0 Å². The Morgan fingerprint density at radius 1 is 1.47 bits per heavy atom. The minimum atomic E-state index is -0.430. The standard InChI is InChI=1S/C13H19NO2S/c1-3-17-12-7-5-4-6-11(12)14-13(16)9-8-10(2)15/h4-7,10,15H,3,8-9H2,1-2H3,(H,14,16). The van der Waals surface area contributed by atoms with E-state index in [1.165, 1.54) is 0 Å². The molecule has 0 spiro atoms. The van der Waals surface area contributed by atoms with Crippen molar-refractivity contribution in [2.24, 2.45) is 0 Å². The van der Waals surface area contributed by atoms with E-state index in [1.807, 2.05) is 24.3 Å². The number of amides is 1. The second kappa shape index (κ2) is 7.35. The van der Waals surface area contributed by atoms with Crippen LogP contribution in [0.15, 0.2) is 29.2 Å². The van der Waals surface area contributed by atoms with E-state index in [9.17, 15) is 4.79 Å². The molecule has 0 bridgehead atoms. The molecule has 0 saturated carbocycles. The van der Waals surface area contributed by atoms with Crippen molar-refractivity contribution in [3.05, 3.63) is 24.3 Å². The van der Waals surface area contributed by atoms with Crippen molar-refractivity contribution in [1.82, 2.24) is 0 Å². The van der Waals surface area contributed by atoms with Gasteiger partial charge in [0.05, 0.1) is 11.8 Å². The summed E-state index contributed by atoms with van der Waals surface area (Å²) in [5, 5.41) is 12.0. The van der Waals surface area contributed by atoms with Crippen molar-refractivity contribution in [3.63, 3.8) is 0 Å². The first kappa shape index (κ1) is 14.1. The van der Waals surface area contributed by atoms with Gasteiger partial charge in [0.2, 0.25) is 5.91 Å². The zero-order chi connectivity index (χ0) is 12.7. The molecule has 1 atom stereocenters. The van der Waals surface area contributed by atoms with Gasteiger partial charge >= 0.3 is 0 Å². The predicted molar refractivity (Wildman–Crippen MR) is 72.4 cm³/mol. The molecule has 2 N–H and O–H groups in total. The van der Waals surface area contributed by atoms with Gasteiger partial charge in [-0.25, -0.2) is 0 Å². The lowest BCUT2D eigenvalue weighted by molar-refractivity contribution is -0.116. The maximum absolute atomic E-state index is 11.6. The molecule has 1 amide bonds. The molecule has 1 rings (SSSR count). The average molecular weight is 253 g/mol. The third kappa shape index (κ3) is 5.24. The van der Waals surface area contributed by atoms with Gasteiger partial charge in [0.25, 0.3) is 0 Å². The first-order valence-electron chi connectivity index (χ1n) is 5.83. The number of aliphatic hydroxyl groups excluding tert-OH is 1.